The van der Waals surface area contributed by atoms with Crippen LogP contribution in [0.1, 0.15) is 20.7 Å². The summed E-state index contributed by atoms with van der Waals surface area (Å²) in [6.45, 7) is -0.728. The van der Waals surface area contributed by atoms with Gasteiger partial charge in [0.2, 0.25) is 5.78 Å². The Hall–Kier alpha value is -2.96. The fourth-order valence-corrected chi connectivity index (χ4v) is 1.96. The maximum Gasteiger partial charge on any atom is 0.342 e. The van der Waals surface area contributed by atoms with Crippen molar-refractivity contribution in [3.63, 3.8) is 0 Å². The molecule has 0 aliphatic rings. The van der Waals surface area contributed by atoms with Crippen LogP contribution in [-0.2, 0) is 4.74 Å². The van der Waals surface area contributed by atoms with E-state index in [-0.39, 0.29) is 11.3 Å². The standard InChI is InChI=1S/C17H14F2O5/c1-22-11-4-5-12(16(8-11)23-2)17(21)24-9-15(20)13-7-10(18)3-6-14(13)19/h3-8H,9H2,1-2H3. The summed E-state index contributed by atoms with van der Waals surface area (Å²) in [5.41, 5.74) is -0.407. The molecule has 126 valence electrons. The minimum absolute atomic E-state index is 0.0748. The molecular weight excluding hydrogens is 322 g/mol. The van der Waals surface area contributed by atoms with Gasteiger partial charge in [0, 0.05) is 6.07 Å². The monoisotopic (exact) mass is 336 g/mol. The molecular formula is C17H14F2O5. The van der Waals surface area contributed by atoms with Gasteiger partial charge in [0.1, 0.15) is 28.7 Å². The first-order chi connectivity index (χ1) is 11.5. The number of esters is 1. The van der Waals surface area contributed by atoms with Gasteiger partial charge < -0.3 is 14.2 Å². The van der Waals surface area contributed by atoms with Crippen molar-refractivity contribution in [2.75, 3.05) is 20.8 Å². The third-order valence-corrected chi connectivity index (χ3v) is 3.19. The number of hydrogen-bond donors (Lipinski definition) is 0. The number of benzene rings is 2. The zero-order valence-corrected chi connectivity index (χ0v) is 13.0. The van der Waals surface area contributed by atoms with Crippen LogP contribution in [-0.4, -0.2) is 32.6 Å². The molecule has 7 heteroatoms. The van der Waals surface area contributed by atoms with Gasteiger partial charge in [0.15, 0.2) is 6.61 Å². The van der Waals surface area contributed by atoms with Crippen LogP contribution in [0.15, 0.2) is 36.4 Å². The second-order valence-corrected chi connectivity index (χ2v) is 4.69. The molecule has 0 radical (unpaired) electrons. The Bertz CT molecular complexity index is 774. The summed E-state index contributed by atoms with van der Waals surface area (Å²) in [4.78, 5) is 23.9. The number of ketones is 1. The number of hydrogen-bond acceptors (Lipinski definition) is 5. The maximum absolute atomic E-state index is 13.5. The summed E-state index contributed by atoms with van der Waals surface area (Å²) in [5.74, 6) is -2.67. The van der Waals surface area contributed by atoms with E-state index in [1.807, 2.05) is 0 Å². The Kier molecular flexibility index (Phi) is 5.47. The molecule has 2 aromatic rings. The Balaban J connectivity index is 2.10. The summed E-state index contributed by atoms with van der Waals surface area (Å²) in [5, 5.41) is 0. The van der Waals surface area contributed by atoms with E-state index in [2.05, 4.69) is 0 Å². The topological polar surface area (TPSA) is 61.8 Å². The summed E-state index contributed by atoms with van der Waals surface area (Å²) in [6.07, 6.45) is 0. The zero-order valence-electron chi connectivity index (χ0n) is 13.0. The van der Waals surface area contributed by atoms with Gasteiger partial charge in [-0.25, -0.2) is 13.6 Å². The van der Waals surface area contributed by atoms with Gasteiger partial charge in [-0.3, -0.25) is 4.79 Å². The van der Waals surface area contributed by atoms with Crippen molar-refractivity contribution in [1.29, 1.82) is 0 Å². The lowest BCUT2D eigenvalue weighted by atomic mass is 10.1. The van der Waals surface area contributed by atoms with Gasteiger partial charge in [0.05, 0.1) is 19.8 Å². The normalized spacial score (nSPS) is 10.2. The van der Waals surface area contributed by atoms with Crippen LogP contribution in [0.5, 0.6) is 11.5 Å². The van der Waals surface area contributed by atoms with Crippen molar-refractivity contribution in [3.05, 3.63) is 59.2 Å². The SMILES string of the molecule is COc1ccc(C(=O)OCC(=O)c2cc(F)ccc2F)c(OC)c1. The van der Waals surface area contributed by atoms with Crippen LogP contribution in [0.3, 0.4) is 0 Å². The Morgan fingerprint density at radius 3 is 2.38 bits per heavy atom. The Morgan fingerprint density at radius 1 is 0.958 bits per heavy atom. The molecule has 0 spiro atoms. The number of Topliss-reactive ketones (excluding diaryl/α,β-unsaturated/α-hetero) is 1. The molecule has 0 atom stereocenters. The predicted molar refractivity (Wildman–Crippen MR) is 80.5 cm³/mol. The molecule has 0 bridgehead atoms. The second kappa shape index (κ2) is 7.54. The molecule has 0 aliphatic carbocycles. The van der Waals surface area contributed by atoms with E-state index < -0.39 is 35.6 Å². The molecule has 0 N–H and O–H groups in total. The molecule has 0 saturated heterocycles. The minimum atomic E-state index is -0.889. The van der Waals surface area contributed by atoms with Gasteiger partial charge >= 0.3 is 5.97 Å². The Labute approximate surface area is 136 Å². The highest BCUT2D eigenvalue weighted by atomic mass is 19.1. The number of carbonyl (C=O) groups excluding carboxylic acids is 2. The average Bonchev–Trinajstić information content (AvgIpc) is 2.60. The van der Waals surface area contributed by atoms with Gasteiger partial charge in [-0.1, -0.05) is 0 Å². The predicted octanol–water partition coefficient (Wildman–Crippen LogP) is 3.02. The molecule has 0 amide bonds. The molecule has 24 heavy (non-hydrogen) atoms. The zero-order chi connectivity index (χ0) is 17.7. The van der Waals surface area contributed by atoms with E-state index in [0.717, 1.165) is 18.2 Å². The smallest absolute Gasteiger partial charge is 0.342 e. The first kappa shape index (κ1) is 17.4. The third kappa shape index (κ3) is 3.87. The highest BCUT2D eigenvalue weighted by Gasteiger charge is 2.18. The molecule has 2 aromatic carbocycles. The van der Waals surface area contributed by atoms with Gasteiger partial charge in [-0.05, 0) is 30.3 Å². The Morgan fingerprint density at radius 2 is 1.71 bits per heavy atom. The highest BCUT2D eigenvalue weighted by Crippen LogP contribution is 2.25. The van der Waals surface area contributed by atoms with Gasteiger partial charge in [-0.15, -0.1) is 0 Å². The number of rotatable bonds is 6. The van der Waals surface area contributed by atoms with Crippen LogP contribution in [0, 0.1) is 11.6 Å². The van der Waals surface area contributed by atoms with E-state index in [0.29, 0.717) is 5.75 Å². The summed E-state index contributed by atoms with van der Waals surface area (Å²) >= 11 is 0. The lowest BCUT2D eigenvalue weighted by Crippen LogP contribution is -2.16. The van der Waals surface area contributed by atoms with Gasteiger partial charge in [-0.2, -0.15) is 0 Å². The largest absolute Gasteiger partial charge is 0.497 e. The van der Waals surface area contributed by atoms with E-state index in [1.165, 1.54) is 32.4 Å². The van der Waals surface area contributed by atoms with Crippen LogP contribution in [0.25, 0.3) is 0 Å². The summed E-state index contributed by atoms with van der Waals surface area (Å²) < 4.78 is 41.5. The van der Waals surface area contributed by atoms with Crippen molar-refractivity contribution in [1.82, 2.24) is 0 Å². The summed E-state index contributed by atoms with van der Waals surface area (Å²) in [6, 6.07) is 6.88. The molecule has 0 unspecified atom stereocenters. The van der Waals surface area contributed by atoms with E-state index in [9.17, 15) is 18.4 Å². The van der Waals surface area contributed by atoms with Crippen molar-refractivity contribution in [2.24, 2.45) is 0 Å². The number of halogens is 2. The summed E-state index contributed by atoms with van der Waals surface area (Å²) in [7, 11) is 2.82. The molecule has 0 aromatic heterocycles. The van der Waals surface area contributed by atoms with Crippen molar-refractivity contribution in [3.8, 4) is 11.5 Å². The van der Waals surface area contributed by atoms with E-state index >= 15 is 0 Å². The van der Waals surface area contributed by atoms with Gasteiger partial charge in [0.25, 0.3) is 0 Å². The van der Waals surface area contributed by atoms with E-state index in [4.69, 9.17) is 14.2 Å². The first-order valence-corrected chi connectivity index (χ1v) is 6.83. The average molecular weight is 336 g/mol. The lowest BCUT2D eigenvalue weighted by Gasteiger charge is -2.10. The molecule has 0 fully saturated rings. The van der Waals surface area contributed by atoms with Crippen molar-refractivity contribution in [2.45, 2.75) is 0 Å². The maximum atomic E-state index is 13.5. The fourth-order valence-electron chi connectivity index (χ4n) is 1.96. The van der Waals surface area contributed by atoms with Crippen LogP contribution >= 0.6 is 0 Å². The van der Waals surface area contributed by atoms with Crippen LogP contribution in [0.2, 0.25) is 0 Å². The molecule has 5 nitrogen and oxygen atoms in total. The highest BCUT2D eigenvalue weighted by molar-refractivity contribution is 6.00. The molecule has 0 saturated carbocycles. The fraction of sp³-hybridized carbons (Fsp3) is 0.176. The third-order valence-electron chi connectivity index (χ3n) is 3.19. The number of methoxy groups -OCH3 is 2. The van der Waals surface area contributed by atoms with Crippen LogP contribution < -0.4 is 9.47 Å². The van der Waals surface area contributed by atoms with E-state index in [1.54, 1.807) is 0 Å². The quantitative estimate of drug-likeness (QED) is 0.599. The minimum Gasteiger partial charge on any atom is -0.497 e. The number of carbonyl (C=O) groups is 2. The lowest BCUT2D eigenvalue weighted by molar-refractivity contribution is 0.0470. The first-order valence-electron chi connectivity index (χ1n) is 6.83. The molecule has 2 rings (SSSR count). The van der Waals surface area contributed by atoms with Crippen molar-refractivity contribution < 1.29 is 32.6 Å². The number of ether oxygens (including phenoxy) is 3. The molecule has 0 aliphatic heterocycles. The molecule has 0 heterocycles. The van der Waals surface area contributed by atoms with Crippen molar-refractivity contribution >= 4 is 11.8 Å². The van der Waals surface area contributed by atoms with Crippen LogP contribution in [0.4, 0.5) is 8.78 Å². The second-order valence-electron chi connectivity index (χ2n) is 4.69.